The predicted molar refractivity (Wildman–Crippen MR) is 87.3 cm³/mol. The maximum absolute atomic E-state index is 6.22. The average molecular weight is 274 g/mol. The van der Waals surface area contributed by atoms with Crippen LogP contribution in [0.5, 0.6) is 5.75 Å². The van der Waals surface area contributed by atoms with Gasteiger partial charge < -0.3 is 4.74 Å². The van der Waals surface area contributed by atoms with E-state index in [0.29, 0.717) is 0 Å². The minimum Gasteiger partial charge on any atom is -0.482 e. The van der Waals surface area contributed by atoms with Crippen LogP contribution in [0.4, 0.5) is 0 Å². The average Bonchev–Trinajstić information content (AvgIpc) is 2.80. The minimum atomic E-state index is -0.197. The molecule has 2 aromatic rings. The largest absolute Gasteiger partial charge is 0.482 e. The Bertz CT molecular complexity index is 768. The van der Waals surface area contributed by atoms with E-state index in [1.165, 1.54) is 27.8 Å². The Morgan fingerprint density at radius 1 is 1.00 bits per heavy atom. The molecule has 2 aromatic carbocycles. The smallest absolute Gasteiger partial charge is 0.135 e. The third kappa shape index (κ3) is 1.92. The van der Waals surface area contributed by atoms with Gasteiger partial charge in [0.1, 0.15) is 11.4 Å². The van der Waals surface area contributed by atoms with Crippen molar-refractivity contribution in [2.24, 2.45) is 0 Å². The van der Waals surface area contributed by atoms with E-state index in [1.807, 2.05) is 0 Å². The first-order chi connectivity index (χ1) is 10.2. The van der Waals surface area contributed by atoms with E-state index in [1.54, 1.807) is 0 Å². The summed E-state index contributed by atoms with van der Waals surface area (Å²) in [5.74, 6) is 1.01. The Morgan fingerprint density at radius 3 is 2.62 bits per heavy atom. The van der Waals surface area contributed by atoms with Gasteiger partial charge in [0.05, 0.1) is 0 Å². The SMILES string of the molecule is CC1=CCC2(C)Oc3ccc(-c4ccccc4)cc3C2=C1. The van der Waals surface area contributed by atoms with E-state index in [9.17, 15) is 0 Å². The van der Waals surface area contributed by atoms with E-state index in [-0.39, 0.29) is 5.60 Å². The molecule has 0 saturated heterocycles. The van der Waals surface area contributed by atoms with Crippen molar-refractivity contribution in [2.45, 2.75) is 25.9 Å². The minimum absolute atomic E-state index is 0.197. The highest BCUT2D eigenvalue weighted by atomic mass is 16.5. The van der Waals surface area contributed by atoms with E-state index in [0.717, 1.165) is 12.2 Å². The lowest BCUT2D eigenvalue weighted by molar-refractivity contribution is 0.169. The number of benzene rings is 2. The van der Waals surface area contributed by atoms with Crippen LogP contribution in [0, 0.1) is 0 Å². The molecule has 1 nitrogen and oxygen atoms in total. The highest BCUT2D eigenvalue weighted by Gasteiger charge is 2.40. The molecule has 1 atom stereocenters. The summed E-state index contributed by atoms with van der Waals surface area (Å²) in [6.07, 6.45) is 5.47. The number of hydrogen-bond acceptors (Lipinski definition) is 1. The quantitative estimate of drug-likeness (QED) is 0.691. The molecule has 104 valence electrons. The Balaban J connectivity index is 1.86. The second-order valence-electron chi connectivity index (χ2n) is 6.12. The van der Waals surface area contributed by atoms with Crippen molar-refractivity contribution in [1.82, 2.24) is 0 Å². The van der Waals surface area contributed by atoms with Crippen molar-refractivity contribution >= 4 is 5.57 Å². The molecule has 4 rings (SSSR count). The number of ether oxygens (including phenoxy) is 1. The summed E-state index contributed by atoms with van der Waals surface area (Å²) >= 11 is 0. The van der Waals surface area contributed by atoms with Gasteiger partial charge >= 0.3 is 0 Å². The number of rotatable bonds is 1. The lowest BCUT2D eigenvalue weighted by Gasteiger charge is -2.27. The lowest BCUT2D eigenvalue weighted by Crippen LogP contribution is -2.29. The summed E-state index contributed by atoms with van der Waals surface area (Å²) in [5, 5.41) is 0. The highest BCUT2D eigenvalue weighted by Crippen LogP contribution is 2.49. The van der Waals surface area contributed by atoms with Crippen LogP contribution in [0.25, 0.3) is 16.7 Å². The molecular weight excluding hydrogens is 256 g/mol. The summed E-state index contributed by atoms with van der Waals surface area (Å²) < 4.78 is 6.22. The molecule has 1 aliphatic heterocycles. The monoisotopic (exact) mass is 274 g/mol. The molecule has 0 fully saturated rings. The maximum Gasteiger partial charge on any atom is 0.135 e. The summed E-state index contributed by atoms with van der Waals surface area (Å²) in [5.41, 5.74) is 6.18. The van der Waals surface area contributed by atoms with Crippen LogP contribution in [0.2, 0.25) is 0 Å². The van der Waals surface area contributed by atoms with Crippen LogP contribution in [-0.2, 0) is 0 Å². The lowest BCUT2D eigenvalue weighted by atomic mass is 9.83. The van der Waals surface area contributed by atoms with Crippen molar-refractivity contribution in [3.63, 3.8) is 0 Å². The van der Waals surface area contributed by atoms with Crippen molar-refractivity contribution in [1.29, 1.82) is 0 Å². The number of hydrogen-bond donors (Lipinski definition) is 0. The first kappa shape index (κ1) is 12.5. The molecule has 1 aliphatic carbocycles. The Hall–Kier alpha value is -2.28. The van der Waals surface area contributed by atoms with Crippen LogP contribution >= 0.6 is 0 Å². The predicted octanol–water partition coefficient (Wildman–Crippen LogP) is 5.24. The molecule has 1 heteroatoms. The normalized spacial score (nSPS) is 22.8. The van der Waals surface area contributed by atoms with Crippen LogP contribution in [0.3, 0.4) is 0 Å². The molecule has 21 heavy (non-hydrogen) atoms. The molecule has 2 aliphatic rings. The third-order valence-corrected chi connectivity index (χ3v) is 4.47. The van der Waals surface area contributed by atoms with Crippen LogP contribution < -0.4 is 4.74 Å². The molecule has 1 unspecified atom stereocenters. The van der Waals surface area contributed by atoms with Crippen LogP contribution in [-0.4, -0.2) is 5.60 Å². The summed E-state index contributed by atoms with van der Waals surface area (Å²) in [6.45, 7) is 4.34. The standard InChI is InChI=1S/C20H18O/c1-14-10-11-20(2)18(12-14)17-13-16(8-9-19(17)21-20)15-6-4-3-5-7-15/h3-10,12-13H,11H2,1-2H3. The first-order valence-electron chi connectivity index (χ1n) is 7.43. The summed E-state index contributed by atoms with van der Waals surface area (Å²) in [6, 6.07) is 17.0. The Morgan fingerprint density at radius 2 is 1.81 bits per heavy atom. The molecule has 0 bridgehead atoms. The fraction of sp³-hybridized carbons (Fsp3) is 0.200. The molecule has 0 aromatic heterocycles. The summed E-state index contributed by atoms with van der Waals surface area (Å²) in [4.78, 5) is 0. The van der Waals surface area contributed by atoms with Gasteiger partial charge in [-0.1, -0.05) is 54.1 Å². The van der Waals surface area contributed by atoms with E-state index in [2.05, 4.69) is 74.5 Å². The zero-order valence-electron chi connectivity index (χ0n) is 12.4. The van der Waals surface area contributed by atoms with Gasteiger partial charge in [0.2, 0.25) is 0 Å². The molecule has 0 spiro atoms. The molecule has 0 amide bonds. The maximum atomic E-state index is 6.22. The fourth-order valence-electron chi connectivity index (χ4n) is 3.25. The second kappa shape index (κ2) is 4.36. The van der Waals surface area contributed by atoms with Gasteiger partial charge in [0.25, 0.3) is 0 Å². The van der Waals surface area contributed by atoms with Gasteiger partial charge in [-0.15, -0.1) is 0 Å². The molecule has 0 saturated carbocycles. The highest BCUT2D eigenvalue weighted by molar-refractivity contribution is 5.85. The first-order valence-corrected chi connectivity index (χ1v) is 7.43. The van der Waals surface area contributed by atoms with Crippen molar-refractivity contribution in [3.8, 4) is 16.9 Å². The summed E-state index contributed by atoms with van der Waals surface area (Å²) in [7, 11) is 0. The Labute approximate surface area is 125 Å². The zero-order valence-corrected chi connectivity index (χ0v) is 12.4. The van der Waals surface area contributed by atoms with Crippen molar-refractivity contribution in [3.05, 3.63) is 71.8 Å². The van der Waals surface area contributed by atoms with Crippen molar-refractivity contribution in [2.75, 3.05) is 0 Å². The zero-order chi connectivity index (χ0) is 14.4. The molecule has 1 heterocycles. The van der Waals surface area contributed by atoms with E-state index >= 15 is 0 Å². The van der Waals surface area contributed by atoms with E-state index < -0.39 is 0 Å². The van der Waals surface area contributed by atoms with Gasteiger partial charge in [-0.3, -0.25) is 0 Å². The van der Waals surface area contributed by atoms with Gasteiger partial charge in [-0.2, -0.15) is 0 Å². The Kier molecular flexibility index (Phi) is 2.58. The topological polar surface area (TPSA) is 9.23 Å². The third-order valence-electron chi connectivity index (χ3n) is 4.47. The molecular formula is C20H18O. The van der Waals surface area contributed by atoms with Crippen LogP contribution in [0.15, 0.2) is 66.3 Å². The van der Waals surface area contributed by atoms with Gasteiger partial charge in [0.15, 0.2) is 0 Å². The van der Waals surface area contributed by atoms with Crippen LogP contribution in [0.1, 0.15) is 25.8 Å². The van der Waals surface area contributed by atoms with Gasteiger partial charge in [0, 0.05) is 17.6 Å². The molecule has 0 radical (unpaired) electrons. The molecule has 0 N–H and O–H groups in total. The second-order valence-corrected chi connectivity index (χ2v) is 6.12. The van der Waals surface area contributed by atoms with Gasteiger partial charge in [-0.05, 0) is 37.1 Å². The van der Waals surface area contributed by atoms with E-state index in [4.69, 9.17) is 4.74 Å². The number of allylic oxidation sites excluding steroid dienone is 2. The van der Waals surface area contributed by atoms with Crippen molar-refractivity contribution < 1.29 is 4.74 Å². The number of fused-ring (bicyclic) bond motifs is 3. The fourth-order valence-corrected chi connectivity index (χ4v) is 3.25. The van der Waals surface area contributed by atoms with Gasteiger partial charge in [-0.25, -0.2) is 0 Å².